The van der Waals surface area contributed by atoms with Gasteiger partial charge in [-0.05, 0) is 12.5 Å². The van der Waals surface area contributed by atoms with Crippen molar-refractivity contribution in [3.05, 3.63) is 51.5 Å². The summed E-state index contributed by atoms with van der Waals surface area (Å²) in [5.41, 5.74) is 6.90. The lowest BCUT2D eigenvalue weighted by atomic mass is 10.1. The minimum absolute atomic E-state index is 0.0883. The second-order valence-electron chi connectivity index (χ2n) is 4.51. The molecule has 0 amide bonds. The van der Waals surface area contributed by atoms with Crippen LogP contribution in [0.4, 0.5) is 0 Å². The SMILES string of the molecule is Cc1cnc(CNS(=O)(=O)Cc2ccc(C(N)=S)cc2)s1. The number of thiazole rings is 1. The van der Waals surface area contributed by atoms with Gasteiger partial charge in [0.25, 0.3) is 0 Å². The highest BCUT2D eigenvalue weighted by Crippen LogP contribution is 2.12. The van der Waals surface area contributed by atoms with Gasteiger partial charge in [0.05, 0.1) is 12.3 Å². The zero-order valence-corrected chi connectivity index (χ0v) is 13.8. The Morgan fingerprint density at radius 2 is 2.05 bits per heavy atom. The van der Waals surface area contributed by atoms with E-state index in [1.807, 2.05) is 6.92 Å². The third-order valence-corrected chi connectivity index (χ3v) is 5.15. The second-order valence-corrected chi connectivity index (χ2v) is 8.07. The van der Waals surface area contributed by atoms with Crippen LogP contribution in [-0.4, -0.2) is 18.4 Å². The maximum absolute atomic E-state index is 12.0. The molecule has 0 saturated heterocycles. The van der Waals surface area contributed by atoms with Crippen LogP contribution in [0.2, 0.25) is 0 Å². The summed E-state index contributed by atoms with van der Waals surface area (Å²) in [7, 11) is -3.40. The molecule has 1 heterocycles. The summed E-state index contributed by atoms with van der Waals surface area (Å²) in [6.07, 6.45) is 1.72. The van der Waals surface area contributed by atoms with Crippen LogP contribution >= 0.6 is 23.6 Å². The van der Waals surface area contributed by atoms with E-state index < -0.39 is 10.0 Å². The number of aryl methyl sites for hydroxylation is 1. The Kier molecular flexibility index (Phi) is 5.04. The zero-order chi connectivity index (χ0) is 15.5. The average Bonchev–Trinajstić information content (AvgIpc) is 2.83. The van der Waals surface area contributed by atoms with Gasteiger partial charge in [-0.1, -0.05) is 36.5 Å². The van der Waals surface area contributed by atoms with E-state index in [1.54, 1.807) is 30.5 Å². The van der Waals surface area contributed by atoms with E-state index in [9.17, 15) is 8.42 Å². The summed E-state index contributed by atoms with van der Waals surface area (Å²) in [4.78, 5) is 5.47. The molecule has 21 heavy (non-hydrogen) atoms. The Balaban J connectivity index is 1.98. The minimum atomic E-state index is -3.40. The van der Waals surface area contributed by atoms with Gasteiger partial charge < -0.3 is 5.73 Å². The molecule has 0 saturated carbocycles. The van der Waals surface area contributed by atoms with Crippen LogP contribution in [0.1, 0.15) is 21.0 Å². The largest absolute Gasteiger partial charge is 0.389 e. The fraction of sp³-hybridized carbons (Fsp3) is 0.231. The lowest BCUT2D eigenvalue weighted by molar-refractivity contribution is 0.580. The Morgan fingerprint density at radius 3 is 2.57 bits per heavy atom. The number of nitrogens with two attached hydrogens (primary N) is 1. The van der Waals surface area contributed by atoms with Crippen molar-refractivity contribution < 1.29 is 8.42 Å². The van der Waals surface area contributed by atoms with Gasteiger partial charge in [-0.3, -0.25) is 0 Å². The van der Waals surface area contributed by atoms with Crippen LogP contribution in [0.25, 0.3) is 0 Å². The van der Waals surface area contributed by atoms with Crippen molar-refractivity contribution in [3.63, 3.8) is 0 Å². The van der Waals surface area contributed by atoms with Crippen molar-refractivity contribution >= 4 is 38.6 Å². The molecule has 0 radical (unpaired) electrons. The van der Waals surface area contributed by atoms with Crippen molar-refractivity contribution in [1.29, 1.82) is 0 Å². The van der Waals surface area contributed by atoms with Crippen molar-refractivity contribution in [2.45, 2.75) is 19.2 Å². The van der Waals surface area contributed by atoms with Crippen molar-refractivity contribution in [3.8, 4) is 0 Å². The van der Waals surface area contributed by atoms with Gasteiger partial charge in [0, 0.05) is 16.6 Å². The van der Waals surface area contributed by atoms with Crippen LogP contribution < -0.4 is 10.5 Å². The van der Waals surface area contributed by atoms with E-state index in [1.165, 1.54) is 11.3 Å². The molecular formula is C13H15N3O2S3. The van der Waals surface area contributed by atoms with E-state index in [0.29, 0.717) is 10.6 Å². The number of rotatable bonds is 6. The lowest BCUT2D eigenvalue weighted by Crippen LogP contribution is -2.24. The monoisotopic (exact) mass is 341 g/mol. The maximum atomic E-state index is 12.0. The van der Waals surface area contributed by atoms with Gasteiger partial charge in [0.1, 0.15) is 10.00 Å². The third-order valence-electron chi connectivity index (χ3n) is 2.71. The first kappa shape index (κ1) is 16.0. The standard InChI is InChI=1S/C13H15N3O2S3/c1-9-6-15-12(20-9)7-16-21(17,18)8-10-2-4-11(5-3-10)13(14)19/h2-6,16H,7-8H2,1H3,(H2,14,19). The number of nitrogens with zero attached hydrogens (tertiary/aromatic N) is 1. The average molecular weight is 341 g/mol. The zero-order valence-electron chi connectivity index (χ0n) is 11.4. The Hall–Kier alpha value is -1.35. The second kappa shape index (κ2) is 6.61. The molecule has 0 aliphatic rings. The Morgan fingerprint density at radius 1 is 1.38 bits per heavy atom. The fourth-order valence-electron chi connectivity index (χ4n) is 1.69. The predicted molar refractivity (Wildman–Crippen MR) is 88.6 cm³/mol. The van der Waals surface area contributed by atoms with Crippen molar-refractivity contribution in [2.24, 2.45) is 5.73 Å². The molecule has 2 rings (SSSR count). The molecule has 1 aromatic heterocycles. The molecule has 5 nitrogen and oxygen atoms in total. The van der Waals surface area contributed by atoms with Crippen molar-refractivity contribution in [1.82, 2.24) is 9.71 Å². The van der Waals surface area contributed by atoms with Crippen LogP contribution in [-0.2, 0) is 22.3 Å². The van der Waals surface area contributed by atoms with E-state index in [0.717, 1.165) is 15.4 Å². The van der Waals surface area contributed by atoms with E-state index in [2.05, 4.69) is 9.71 Å². The number of hydrogen-bond donors (Lipinski definition) is 2. The molecule has 0 spiro atoms. The number of benzene rings is 1. The fourth-order valence-corrected chi connectivity index (χ4v) is 3.73. The summed E-state index contributed by atoms with van der Waals surface area (Å²) in [5, 5.41) is 0.750. The number of sulfonamides is 1. The minimum Gasteiger partial charge on any atom is -0.389 e. The van der Waals surface area contributed by atoms with Gasteiger partial charge in [0.15, 0.2) is 0 Å². The van der Waals surface area contributed by atoms with E-state index >= 15 is 0 Å². The smallest absolute Gasteiger partial charge is 0.216 e. The highest BCUT2D eigenvalue weighted by atomic mass is 32.2. The lowest BCUT2D eigenvalue weighted by Gasteiger charge is -2.06. The molecule has 3 N–H and O–H groups in total. The van der Waals surface area contributed by atoms with E-state index in [-0.39, 0.29) is 12.3 Å². The Bertz CT molecular complexity index is 736. The first-order valence-electron chi connectivity index (χ1n) is 6.13. The van der Waals surface area contributed by atoms with Gasteiger partial charge in [-0.25, -0.2) is 18.1 Å². The number of nitrogens with one attached hydrogen (secondary N) is 1. The Labute approximate surface area is 133 Å². The van der Waals surface area contributed by atoms with Crippen LogP contribution in [0.5, 0.6) is 0 Å². The molecule has 112 valence electrons. The third kappa shape index (κ3) is 4.85. The molecule has 1 aromatic carbocycles. The first-order valence-corrected chi connectivity index (χ1v) is 9.01. The van der Waals surface area contributed by atoms with Crippen LogP contribution in [0.3, 0.4) is 0 Å². The normalized spacial score (nSPS) is 11.5. The molecule has 0 unspecified atom stereocenters. The number of hydrogen-bond acceptors (Lipinski definition) is 5. The predicted octanol–water partition coefficient (Wildman–Crippen LogP) is 1.71. The molecule has 2 aromatic rings. The summed E-state index contributed by atoms with van der Waals surface area (Å²) in [6, 6.07) is 6.86. The molecule has 0 atom stereocenters. The molecule has 0 aliphatic heterocycles. The van der Waals surface area contributed by atoms with E-state index in [4.69, 9.17) is 18.0 Å². The number of aromatic nitrogens is 1. The number of thiocarbonyl (C=S) groups is 1. The molecule has 8 heteroatoms. The summed E-state index contributed by atoms with van der Waals surface area (Å²) >= 11 is 6.33. The van der Waals surface area contributed by atoms with Crippen LogP contribution in [0, 0.1) is 6.92 Å². The maximum Gasteiger partial charge on any atom is 0.216 e. The molecule has 0 bridgehead atoms. The topological polar surface area (TPSA) is 85.1 Å². The summed E-state index contributed by atoms with van der Waals surface area (Å²) in [6.45, 7) is 2.14. The highest BCUT2D eigenvalue weighted by Gasteiger charge is 2.12. The van der Waals surface area contributed by atoms with Crippen molar-refractivity contribution in [2.75, 3.05) is 0 Å². The van der Waals surface area contributed by atoms with Gasteiger partial charge in [-0.15, -0.1) is 11.3 Å². The summed E-state index contributed by atoms with van der Waals surface area (Å²) in [5.74, 6) is -0.0883. The summed E-state index contributed by atoms with van der Waals surface area (Å²) < 4.78 is 26.6. The van der Waals surface area contributed by atoms with Crippen LogP contribution in [0.15, 0.2) is 30.5 Å². The molecule has 0 aliphatic carbocycles. The van der Waals surface area contributed by atoms with Gasteiger partial charge >= 0.3 is 0 Å². The van der Waals surface area contributed by atoms with Gasteiger partial charge in [0.2, 0.25) is 10.0 Å². The quantitative estimate of drug-likeness (QED) is 0.781. The highest BCUT2D eigenvalue weighted by molar-refractivity contribution is 7.88. The molecule has 0 fully saturated rings. The first-order chi connectivity index (χ1) is 9.85. The van der Waals surface area contributed by atoms with Gasteiger partial charge in [-0.2, -0.15) is 0 Å². The molecular weight excluding hydrogens is 326 g/mol.